The number of aryl methyl sites for hydroxylation is 2. The molecular formula is C23H30N6O2. The zero-order chi connectivity index (χ0) is 22.0. The summed E-state index contributed by atoms with van der Waals surface area (Å²) in [6.07, 6.45) is 5.55. The standard InChI is InChI=1S/C23H30N6O2/c1-5-31-23(30)19-12-25-29(20-10-6-8-16(2)17(20)3)21(19)14-28-11-7-9-18(13-28)22-26-24-15-27(22)4/h6,8,10,12,15,18H,5,7,9,11,13-14H2,1-4H3/t18-/m0/s1. The molecule has 0 N–H and O–H groups in total. The summed E-state index contributed by atoms with van der Waals surface area (Å²) in [6.45, 7) is 8.79. The Kier molecular flexibility index (Phi) is 6.18. The van der Waals surface area contributed by atoms with Gasteiger partial charge in [-0.1, -0.05) is 12.1 Å². The van der Waals surface area contributed by atoms with Crippen molar-refractivity contribution >= 4 is 5.97 Å². The van der Waals surface area contributed by atoms with Crippen molar-refractivity contribution in [2.45, 2.75) is 46.1 Å². The van der Waals surface area contributed by atoms with Crippen LogP contribution >= 0.6 is 0 Å². The van der Waals surface area contributed by atoms with Gasteiger partial charge >= 0.3 is 5.97 Å². The summed E-state index contributed by atoms with van der Waals surface area (Å²) < 4.78 is 9.23. The highest BCUT2D eigenvalue weighted by Crippen LogP contribution is 2.28. The van der Waals surface area contributed by atoms with Crippen molar-refractivity contribution in [1.29, 1.82) is 0 Å². The first-order chi connectivity index (χ1) is 15.0. The maximum absolute atomic E-state index is 12.7. The summed E-state index contributed by atoms with van der Waals surface area (Å²) in [5, 5.41) is 13.0. The minimum absolute atomic E-state index is 0.323. The van der Waals surface area contributed by atoms with E-state index in [-0.39, 0.29) is 5.97 Å². The lowest BCUT2D eigenvalue weighted by Crippen LogP contribution is -2.35. The van der Waals surface area contributed by atoms with Crippen LogP contribution < -0.4 is 0 Å². The van der Waals surface area contributed by atoms with Gasteiger partial charge in [-0.2, -0.15) is 5.10 Å². The second-order valence-electron chi connectivity index (χ2n) is 8.23. The van der Waals surface area contributed by atoms with E-state index in [9.17, 15) is 4.79 Å². The van der Waals surface area contributed by atoms with Crippen molar-refractivity contribution in [3.05, 3.63) is 58.9 Å². The molecule has 2 aromatic heterocycles. The molecule has 0 radical (unpaired) electrons. The lowest BCUT2D eigenvalue weighted by molar-refractivity contribution is 0.0523. The maximum atomic E-state index is 12.7. The molecule has 3 heterocycles. The Balaban J connectivity index is 1.67. The first-order valence-electron chi connectivity index (χ1n) is 10.9. The average molecular weight is 423 g/mol. The first kappa shape index (κ1) is 21.2. The molecule has 1 fully saturated rings. The summed E-state index contributed by atoms with van der Waals surface area (Å²) in [4.78, 5) is 15.1. The summed E-state index contributed by atoms with van der Waals surface area (Å²) in [5.41, 5.74) is 4.73. The van der Waals surface area contributed by atoms with E-state index in [1.165, 1.54) is 5.56 Å². The molecule has 1 aliphatic heterocycles. The number of piperidine rings is 1. The van der Waals surface area contributed by atoms with Crippen molar-refractivity contribution in [3.8, 4) is 5.69 Å². The summed E-state index contributed by atoms with van der Waals surface area (Å²) in [7, 11) is 1.99. The zero-order valence-electron chi connectivity index (χ0n) is 18.7. The molecule has 8 nitrogen and oxygen atoms in total. The number of benzene rings is 1. The van der Waals surface area contributed by atoms with Gasteiger partial charge in [0, 0.05) is 26.1 Å². The summed E-state index contributed by atoms with van der Waals surface area (Å²) in [5.74, 6) is 1.01. The first-order valence-corrected chi connectivity index (χ1v) is 10.9. The number of aromatic nitrogens is 5. The van der Waals surface area contributed by atoms with Crippen LogP contribution in [0.15, 0.2) is 30.7 Å². The monoisotopic (exact) mass is 422 g/mol. The van der Waals surface area contributed by atoms with Crippen LogP contribution in [0, 0.1) is 13.8 Å². The summed E-state index contributed by atoms with van der Waals surface area (Å²) in [6, 6.07) is 6.16. The zero-order valence-corrected chi connectivity index (χ0v) is 18.7. The van der Waals surface area contributed by atoms with Gasteiger partial charge in [-0.25, -0.2) is 9.48 Å². The lowest BCUT2D eigenvalue weighted by atomic mass is 9.97. The third-order valence-corrected chi connectivity index (χ3v) is 6.16. The van der Waals surface area contributed by atoms with Crippen LogP contribution in [0.3, 0.4) is 0 Å². The predicted molar refractivity (Wildman–Crippen MR) is 117 cm³/mol. The predicted octanol–water partition coefficient (Wildman–Crippen LogP) is 3.17. The second kappa shape index (κ2) is 9.01. The Bertz CT molecular complexity index is 1070. The SMILES string of the molecule is CCOC(=O)c1cnn(-c2cccc(C)c2C)c1CN1CCC[C@H](c2nncn2C)C1. The number of likely N-dealkylation sites (tertiary alicyclic amines) is 1. The molecule has 1 saturated heterocycles. The van der Waals surface area contributed by atoms with E-state index < -0.39 is 0 Å². The average Bonchev–Trinajstić information content (AvgIpc) is 3.37. The number of hydrogen-bond donors (Lipinski definition) is 0. The highest BCUT2D eigenvalue weighted by Gasteiger charge is 2.28. The molecule has 0 bridgehead atoms. The molecule has 8 heteroatoms. The molecule has 1 atom stereocenters. The van der Waals surface area contributed by atoms with Crippen molar-refractivity contribution in [3.63, 3.8) is 0 Å². The molecule has 0 unspecified atom stereocenters. The molecule has 3 aromatic rings. The smallest absolute Gasteiger partial charge is 0.341 e. The Morgan fingerprint density at radius 1 is 1.29 bits per heavy atom. The van der Waals surface area contributed by atoms with Crippen LogP contribution in [0.1, 0.15) is 58.7 Å². The number of ether oxygens (including phenoxy) is 1. The highest BCUT2D eigenvalue weighted by atomic mass is 16.5. The van der Waals surface area contributed by atoms with E-state index in [1.807, 2.05) is 35.4 Å². The fourth-order valence-electron chi connectivity index (χ4n) is 4.36. The number of hydrogen-bond acceptors (Lipinski definition) is 6. The fraction of sp³-hybridized carbons (Fsp3) is 0.478. The van der Waals surface area contributed by atoms with Crippen LogP contribution in [-0.4, -0.2) is 55.1 Å². The molecule has 0 spiro atoms. The molecule has 4 rings (SSSR count). The molecule has 0 saturated carbocycles. The normalized spacial score (nSPS) is 17.1. The fourth-order valence-corrected chi connectivity index (χ4v) is 4.36. The van der Waals surface area contributed by atoms with Crippen molar-refractivity contribution < 1.29 is 9.53 Å². The maximum Gasteiger partial charge on any atom is 0.341 e. The van der Waals surface area contributed by atoms with Gasteiger partial charge in [-0.05, 0) is 57.4 Å². The van der Waals surface area contributed by atoms with E-state index in [4.69, 9.17) is 4.74 Å². The van der Waals surface area contributed by atoms with E-state index in [0.29, 0.717) is 24.6 Å². The number of carbonyl (C=O) groups is 1. The number of rotatable bonds is 6. The van der Waals surface area contributed by atoms with Gasteiger partial charge < -0.3 is 9.30 Å². The van der Waals surface area contributed by atoms with Crippen LogP contribution in [0.5, 0.6) is 0 Å². The largest absolute Gasteiger partial charge is 0.462 e. The van der Waals surface area contributed by atoms with Gasteiger partial charge in [0.2, 0.25) is 0 Å². The lowest BCUT2D eigenvalue weighted by Gasteiger charge is -2.32. The number of nitrogens with zero attached hydrogens (tertiary/aromatic N) is 6. The molecule has 164 valence electrons. The van der Waals surface area contributed by atoms with Crippen molar-refractivity contribution in [2.24, 2.45) is 7.05 Å². The van der Waals surface area contributed by atoms with Crippen LogP contribution in [0.25, 0.3) is 5.69 Å². The van der Waals surface area contributed by atoms with Gasteiger partial charge in [0.25, 0.3) is 0 Å². The Hall–Kier alpha value is -3.00. The van der Waals surface area contributed by atoms with Gasteiger partial charge in [-0.3, -0.25) is 4.90 Å². The second-order valence-corrected chi connectivity index (χ2v) is 8.23. The van der Waals surface area contributed by atoms with E-state index in [2.05, 4.69) is 40.1 Å². The summed E-state index contributed by atoms with van der Waals surface area (Å²) >= 11 is 0. The van der Waals surface area contributed by atoms with Gasteiger partial charge in [-0.15, -0.1) is 10.2 Å². The highest BCUT2D eigenvalue weighted by molar-refractivity contribution is 5.90. The van der Waals surface area contributed by atoms with Crippen LogP contribution in [0.4, 0.5) is 0 Å². The molecule has 1 aliphatic rings. The van der Waals surface area contributed by atoms with Crippen LogP contribution in [0.2, 0.25) is 0 Å². The molecule has 0 aliphatic carbocycles. The van der Waals surface area contributed by atoms with E-state index >= 15 is 0 Å². The molecular weight excluding hydrogens is 392 g/mol. The quantitative estimate of drug-likeness (QED) is 0.568. The van der Waals surface area contributed by atoms with Gasteiger partial charge in [0.15, 0.2) is 0 Å². The van der Waals surface area contributed by atoms with E-state index in [0.717, 1.165) is 48.7 Å². The molecule has 31 heavy (non-hydrogen) atoms. The molecule has 0 amide bonds. The Labute approximate surface area is 182 Å². The van der Waals surface area contributed by atoms with Crippen molar-refractivity contribution in [1.82, 2.24) is 29.4 Å². The van der Waals surface area contributed by atoms with Crippen molar-refractivity contribution in [2.75, 3.05) is 19.7 Å². The minimum Gasteiger partial charge on any atom is -0.462 e. The van der Waals surface area contributed by atoms with E-state index in [1.54, 1.807) is 12.5 Å². The molecule has 1 aromatic carbocycles. The third kappa shape index (κ3) is 4.25. The third-order valence-electron chi connectivity index (χ3n) is 6.16. The minimum atomic E-state index is -0.323. The topological polar surface area (TPSA) is 78.1 Å². The Morgan fingerprint density at radius 3 is 2.87 bits per heavy atom. The Morgan fingerprint density at radius 2 is 2.13 bits per heavy atom. The van der Waals surface area contributed by atoms with Gasteiger partial charge in [0.05, 0.1) is 24.2 Å². The number of esters is 1. The van der Waals surface area contributed by atoms with Gasteiger partial charge in [0.1, 0.15) is 17.7 Å². The van der Waals surface area contributed by atoms with Crippen LogP contribution in [-0.2, 0) is 18.3 Å². The number of carbonyl (C=O) groups excluding carboxylic acids is 1.